The van der Waals surface area contributed by atoms with Crippen molar-refractivity contribution in [2.45, 2.75) is 19.7 Å². The molecule has 1 N–H and O–H groups in total. The molecule has 0 unspecified atom stereocenters. The summed E-state index contributed by atoms with van der Waals surface area (Å²) in [5.74, 6) is -0.0242. The van der Waals surface area contributed by atoms with Gasteiger partial charge in [-0.05, 0) is 54.4 Å². The highest BCUT2D eigenvalue weighted by Crippen LogP contribution is 2.30. The van der Waals surface area contributed by atoms with E-state index in [0.29, 0.717) is 29.2 Å². The molecular weight excluding hydrogens is 467 g/mol. The van der Waals surface area contributed by atoms with Gasteiger partial charge in [-0.15, -0.1) is 0 Å². The van der Waals surface area contributed by atoms with Crippen LogP contribution in [-0.2, 0) is 12.8 Å². The average molecular weight is 487 g/mol. The van der Waals surface area contributed by atoms with E-state index >= 15 is 0 Å². The van der Waals surface area contributed by atoms with E-state index in [2.05, 4.69) is 10.5 Å². The zero-order valence-electron chi connectivity index (χ0n) is 18.4. The summed E-state index contributed by atoms with van der Waals surface area (Å²) in [6.45, 7) is 2.18. The van der Waals surface area contributed by atoms with Gasteiger partial charge in [0.05, 0.1) is 23.3 Å². The first kappa shape index (κ1) is 25.2. The van der Waals surface area contributed by atoms with Gasteiger partial charge in [0, 0.05) is 17.7 Å². The Labute approximate surface area is 198 Å². The number of alkyl halides is 3. The number of nitro groups is 1. The first-order valence-corrected chi connectivity index (χ1v) is 10.3. The van der Waals surface area contributed by atoms with Crippen LogP contribution in [0.4, 0.5) is 18.9 Å². The number of halogens is 3. The predicted octanol–water partition coefficient (Wildman–Crippen LogP) is 5.36. The number of benzene rings is 3. The molecule has 0 fully saturated rings. The van der Waals surface area contributed by atoms with Crippen LogP contribution in [0.3, 0.4) is 0 Å². The molecule has 0 bridgehead atoms. The predicted molar refractivity (Wildman–Crippen MR) is 122 cm³/mol. The Morgan fingerprint density at radius 2 is 1.83 bits per heavy atom. The number of non-ortho nitro benzene ring substituents is 1. The molecule has 182 valence electrons. The second-order valence-corrected chi connectivity index (χ2v) is 7.13. The van der Waals surface area contributed by atoms with Crippen molar-refractivity contribution in [3.63, 3.8) is 0 Å². The Morgan fingerprint density at radius 1 is 1.06 bits per heavy atom. The van der Waals surface area contributed by atoms with Gasteiger partial charge in [-0.3, -0.25) is 14.9 Å². The van der Waals surface area contributed by atoms with E-state index in [1.54, 1.807) is 37.3 Å². The number of carbonyl (C=O) groups is 1. The number of nitrogens with zero attached hydrogens (tertiary/aromatic N) is 2. The smallest absolute Gasteiger partial charge is 0.416 e. The van der Waals surface area contributed by atoms with Crippen LogP contribution in [0.5, 0.6) is 11.5 Å². The van der Waals surface area contributed by atoms with Gasteiger partial charge in [-0.25, -0.2) is 5.43 Å². The quantitative estimate of drug-likeness (QED) is 0.249. The molecule has 0 saturated carbocycles. The maximum absolute atomic E-state index is 12.8. The third-order valence-electron chi connectivity index (χ3n) is 4.62. The van der Waals surface area contributed by atoms with Gasteiger partial charge in [0.25, 0.3) is 11.6 Å². The molecule has 0 aliphatic carbocycles. The number of hydrazone groups is 1. The SMILES string of the molecule is CCOc1cc(/C=N\NC(=O)c2cccc(C(F)(F)F)c2)ccc1OCc1cccc([N+](=O)[O-])c1. The van der Waals surface area contributed by atoms with Gasteiger partial charge in [-0.2, -0.15) is 18.3 Å². The second-order valence-electron chi connectivity index (χ2n) is 7.13. The highest BCUT2D eigenvalue weighted by atomic mass is 19.4. The molecule has 35 heavy (non-hydrogen) atoms. The van der Waals surface area contributed by atoms with Crippen molar-refractivity contribution >= 4 is 17.8 Å². The van der Waals surface area contributed by atoms with E-state index in [1.807, 2.05) is 0 Å². The molecule has 0 radical (unpaired) electrons. The first-order valence-electron chi connectivity index (χ1n) is 10.3. The van der Waals surface area contributed by atoms with Crippen molar-refractivity contribution in [3.8, 4) is 11.5 Å². The molecular formula is C24H20F3N3O5. The summed E-state index contributed by atoms with van der Waals surface area (Å²) in [4.78, 5) is 22.6. The molecule has 0 saturated heterocycles. The Morgan fingerprint density at radius 3 is 2.54 bits per heavy atom. The normalized spacial score (nSPS) is 11.3. The molecule has 11 heteroatoms. The zero-order valence-corrected chi connectivity index (χ0v) is 18.4. The fourth-order valence-corrected chi connectivity index (χ4v) is 2.98. The largest absolute Gasteiger partial charge is 0.490 e. The standard InChI is InChI=1S/C24H20F3N3O5/c1-2-34-22-12-16(9-10-21(22)35-15-17-5-3-8-20(11-17)30(32)33)14-28-29-23(31)18-6-4-7-19(13-18)24(25,26)27/h3-14H,2,15H2,1H3,(H,29,31)/b28-14-. The number of ether oxygens (including phenoxy) is 2. The van der Waals surface area contributed by atoms with E-state index in [9.17, 15) is 28.1 Å². The molecule has 0 heterocycles. The molecule has 0 spiro atoms. The lowest BCUT2D eigenvalue weighted by atomic mass is 10.1. The average Bonchev–Trinajstić information content (AvgIpc) is 2.83. The van der Waals surface area contributed by atoms with Gasteiger partial charge in [-0.1, -0.05) is 18.2 Å². The summed E-state index contributed by atoms with van der Waals surface area (Å²) in [6.07, 6.45) is -3.26. The van der Waals surface area contributed by atoms with Crippen molar-refractivity contribution in [3.05, 3.63) is 99.1 Å². The van der Waals surface area contributed by atoms with Crippen molar-refractivity contribution in [2.24, 2.45) is 5.10 Å². The summed E-state index contributed by atoms with van der Waals surface area (Å²) in [5, 5.41) is 14.7. The summed E-state index contributed by atoms with van der Waals surface area (Å²) < 4.78 is 49.8. The number of nitro benzene ring substituents is 1. The minimum atomic E-state index is -4.56. The monoisotopic (exact) mass is 487 g/mol. The van der Waals surface area contributed by atoms with Crippen LogP contribution in [0.15, 0.2) is 71.8 Å². The van der Waals surface area contributed by atoms with Gasteiger partial charge in [0.2, 0.25) is 0 Å². The highest BCUT2D eigenvalue weighted by molar-refractivity contribution is 5.95. The fourth-order valence-electron chi connectivity index (χ4n) is 2.98. The lowest BCUT2D eigenvalue weighted by molar-refractivity contribution is -0.384. The maximum Gasteiger partial charge on any atom is 0.416 e. The topological polar surface area (TPSA) is 103 Å². The van der Waals surface area contributed by atoms with Gasteiger partial charge >= 0.3 is 6.18 Å². The number of carbonyl (C=O) groups excluding carboxylic acids is 1. The first-order chi connectivity index (χ1) is 16.7. The Balaban J connectivity index is 1.67. The minimum Gasteiger partial charge on any atom is -0.490 e. The molecule has 0 aliphatic heterocycles. The van der Waals surface area contributed by atoms with Gasteiger partial charge in [0.1, 0.15) is 6.61 Å². The van der Waals surface area contributed by atoms with Gasteiger partial charge in [0.15, 0.2) is 11.5 Å². The van der Waals surface area contributed by atoms with E-state index in [-0.39, 0.29) is 17.9 Å². The van der Waals surface area contributed by atoms with Crippen molar-refractivity contribution in [2.75, 3.05) is 6.61 Å². The van der Waals surface area contributed by atoms with Crippen LogP contribution < -0.4 is 14.9 Å². The lowest BCUT2D eigenvalue weighted by Crippen LogP contribution is -2.18. The molecule has 3 rings (SSSR count). The number of nitrogens with one attached hydrogen (secondary N) is 1. The number of hydrogen-bond donors (Lipinski definition) is 1. The van der Waals surface area contributed by atoms with Crippen LogP contribution in [0, 0.1) is 10.1 Å². The van der Waals surface area contributed by atoms with Crippen LogP contribution >= 0.6 is 0 Å². The molecule has 8 nitrogen and oxygen atoms in total. The Bertz CT molecular complexity index is 1250. The molecule has 3 aromatic carbocycles. The van der Waals surface area contributed by atoms with Crippen LogP contribution in [0.1, 0.15) is 34.0 Å². The Hall–Kier alpha value is -4.41. The molecule has 3 aromatic rings. The number of hydrogen-bond acceptors (Lipinski definition) is 6. The third kappa shape index (κ3) is 7.03. The maximum atomic E-state index is 12.8. The van der Waals surface area contributed by atoms with Crippen molar-refractivity contribution in [1.29, 1.82) is 0 Å². The summed E-state index contributed by atoms with van der Waals surface area (Å²) in [6, 6.07) is 14.9. The van der Waals surface area contributed by atoms with E-state index in [1.165, 1.54) is 24.4 Å². The van der Waals surface area contributed by atoms with Crippen LogP contribution in [-0.4, -0.2) is 23.7 Å². The number of amides is 1. The molecule has 0 aromatic heterocycles. The summed E-state index contributed by atoms with van der Waals surface area (Å²) in [5.41, 5.74) is 2.16. The third-order valence-corrected chi connectivity index (χ3v) is 4.62. The lowest BCUT2D eigenvalue weighted by Gasteiger charge is -2.12. The molecule has 0 aliphatic rings. The van der Waals surface area contributed by atoms with Crippen molar-refractivity contribution < 1.29 is 32.4 Å². The highest BCUT2D eigenvalue weighted by Gasteiger charge is 2.30. The van der Waals surface area contributed by atoms with E-state index in [4.69, 9.17) is 9.47 Å². The second kappa shape index (κ2) is 11.1. The Kier molecular flexibility index (Phi) is 8.03. The van der Waals surface area contributed by atoms with Crippen LogP contribution in [0.25, 0.3) is 0 Å². The van der Waals surface area contributed by atoms with Crippen molar-refractivity contribution in [1.82, 2.24) is 5.43 Å². The zero-order chi connectivity index (χ0) is 25.4. The molecule has 0 atom stereocenters. The van der Waals surface area contributed by atoms with Crippen LogP contribution in [0.2, 0.25) is 0 Å². The molecule has 1 amide bonds. The van der Waals surface area contributed by atoms with E-state index < -0.39 is 22.6 Å². The minimum absolute atomic E-state index is 0.0464. The number of rotatable bonds is 9. The van der Waals surface area contributed by atoms with E-state index in [0.717, 1.165) is 18.2 Å². The summed E-state index contributed by atoms with van der Waals surface area (Å²) >= 11 is 0. The summed E-state index contributed by atoms with van der Waals surface area (Å²) in [7, 11) is 0. The fraction of sp³-hybridized carbons (Fsp3) is 0.167. The van der Waals surface area contributed by atoms with Gasteiger partial charge < -0.3 is 9.47 Å².